The topological polar surface area (TPSA) is 54.0 Å². The molecule has 4 nitrogen and oxygen atoms in total. The lowest BCUT2D eigenvalue weighted by Gasteiger charge is -2.22. The number of carbonyl (C=O) groups is 1. The summed E-state index contributed by atoms with van der Waals surface area (Å²) in [5, 5.41) is 7.04. The Balaban J connectivity index is 1.51. The number of benzene rings is 1. The number of rotatable bonds is 5. The maximum Gasteiger partial charge on any atom is 0.319 e. The van der Waals surface area contributed by atoms with Crippen LogP contribution in [0, 0.1) is 0 Å². The Kier molecular flexibility index (Phi) is 6.13. The van der Waals surface area contributed by atoms with Crippen LogP contribution < -0.4 is 10.6 Å². The van der Waals surface area contributed by atoms with Gasteiger partial charge in [-0.15, -0.1) is 11.8 Å². The number of thioether (sulfide) groups is 1. The first-order valence-corrected chi connectivity index (χ1v) is 9.48. The van der Waals surface area contributed by atoms with Crippen molar-refractivity contribution in [3.63, 3.8) is 0 Å². The van der Waals surface area contributed by atoms with Crippen molar-refractivity contribution in [1.82, 2.24) is 10.3 Å². The second-order valence-electron chi connectivity index (χ2n) is 6.09. The molecule has 0 aliphatic heterocycles. The van der Waals surface area contributed by atoms with Crippen molar-refractivity contribution in [3.8, 4) is 0 Å². The zero-order chi connectivity index (χ0) is 16.6. The largest absolute Gasteiger partial charge is 0.335 e. The average molecular weight is 341 g/mol. The number of nitrogens with zero attached hydrogens (tertiary/aromatic N) is 1. The van der Waals surface area contributed by atoms with E-state index in [9.17, 15) is 4.79 Å². The molecule has 1 aliphatic carbocycles. The molecule has 0 unspecified atom stereocenters. The lowest BCUT2D eigenvalue weighted by Crippen LogP contribution is -2.39. The monoisotopic (exact) mass is 341 g/mol. The Morgan fingerprint density at radius 2 is 2.00 bits per heavy atom. The quantitative estimate of drug-likeness (QED) is 0.766. The number of anilines is 1. The molecule has 1 fully saturated rings. The Morgan fingerprint density at radius 3 is 2.79 bits per heavy atom. The van der Waals surface area contributed by atoms with Crippen LogP contribution >= 0.6 is 11.8 Å². The van der Waals surface area contributed by atoms with E-state index in [1.807, 2.05) is 36.4 Å². The molecule has 0 spiro atoms. The highest BCUT2D eigenvalue weighted by molar-refractivity contribution is 7.98. The number of carbonyl (C=O) groups excluding carboxylic acids is 1. The van der Waals surface area contributed by atoms with Gasteiger partial charge in [-0.25, -0.2) is 9.78 Å². The predicted octanol–water partition coefficient (Wildman–Crippen LogP) is 4.83. The van der Waals surface area contributed by atoms with Crippen LogP contribution in [-0.4, -0.2) is 17.1 Å². The van der Waals surface area contributed by atoms with Gasteiger partial charge in [0.25, 0.3) is 0 Å². The van der Waals surface area contributed by atoms with Crippen molar-refractivity contribution in [3.05, 3.63) is 54.2 Å². The molecular weight excluding hydrogens is 318 g/mol. The van der Waals surface area contributed by atoms with Crippen LogP contribution in [0.5, 0.6) is 0 Å². The molecule has 3 rings (SSSR count). The summed E-state index contributed by atoms with van der Waals surface area (Å²) in [5.74, 6) is 0.830. The molecule has 5 heteroatoms. The van der Waals surface area contributed by atoms with Gasteiger partial charge in [0.2, 0.25) is 0 Å². The minimum atomic E-state index is -0.101. The number of hydrogen-bond donors (Lipinski definition) is 2. The first-order chi connectivity index (χ1) is 11.8. The highest BCUT2D eigenvalue weighted by Gasteiger charge is 2.15. The fraction of sp³-hybridized carbons (Fsp3) is 0.368. The summed E-state index contributed by atoms with van der Waals surface area (Å²) in [7, 11) is 0. The molecule has 24 heavy (non-hydrogen) atoms. The molecular formula is C19H23N3OS. The number of nitrogens with one attached hydrogen (secondary N) is 2. The summed E-state index contributed by atoms with van der Waals surface area (Å²) in [6, 6.07) is 14.1. The van der Waals surface area contributed by atoms with E-state index in [0.717, 1.165) is 29.3 Å². The Labute approximate surface area is 147 Å². The van der Waals surface area contributed by atoms with Gasteiger partial charge in [0, 0.05) is 23.7 Å². The third-order valence-corrected chi connectivity index (χ3v) is 5.16. The van der Waals surface area contributed by atoms with Gasteiger partial charge in [-0.3, -0.25) is 0 Å². The van der Waals surface area contributed by atoms with Gasteiger partial charge in [-0.1, -0.05) is 37.5 Å². The summed E-state index contributed by atoms with van der Waals surface area (Å²) in [6.45, 7) is 0. The minimum absolute atomic E-state index is 0.101. The lowest BCUT2D eigenvalue weighted by atomic mass is 9.96. The lowest BCUT2D eigenvalue weighted by molar-refractivity contribution is 0.244. The average Bonchev–Trinajstić information content (AvgIpc) is 2.62. The molecule has 2 amide bonds. The smallest absolute Gasteiger partial charge is 0.319 e. The molecule has 0 radical (unpaired) electrons. The van der Waals surface area contributed by atoms with Crippen molar-refractivity contribution in [2.45, 2.75) is 48.9 Å². The standard InChI is InChI=1S/C19H23N3OS/c23-19(21-16-8-2-1-3-9-16)22-17-10-6-7-15(13-17)14-24-18-11-4-5-12-20-18/h4-7,10-13,16H,1-3,8-9,14H2,(H2,21,22,23). The summed E-state index contributed by atoms with van der Waals surface area (Å²) < 4.78 is 0. The third-order valence-electron chi connectivity index (χ3n) is 4.15. The molecule has 1 aliphatic rings. The van der Waals surface area contributed by atoms with Crippen LogP contribution in [0.3, 0.4) is 0 Å². The molecule has 0 atom stereocenters. The van der Waals surface area contributed by atoms with Crippen LogP contribution in [0.2, 0.25) is 0 Å². The van der Waals surface area contributed by atoms with Crippen molar-refractivity contribution < 1.29 is 4.79 Å². The van der Waals surface area contributed by atoms with Gasteiger partial charge >= 0.3 is 6.03 Å². The van der Waals surface area contributed by atoms with Crippen LogP contribution in [0.15, 0.2) is 53.7 Å². The van der Waals surface area contributed by atoms with Crippen molar-refractivity contribution in [1.29, 1.82) is 0 Å². The zero-order valence-electron chi connectivity index (χ0n) is 13.7. The molecule has 0 saturated heterocycles. The van der Waals surface area contributed by atoms with Gasteiger partial charge in [0.15, 0.2) is 0 Å². The first-order valence-electron chi connectivity index (χ1n) is 8.50. The van der Waals surface area contributed by atoms with E-state index < -0.39 is 0 Å². The van der Waals surface area contributed by atoms with E-state index >= 15 is 0 Å². The predicted molar refractivity (Wildman–Crippen MR) is 99.3 cm³/mol. The molecule has 2 N–H and O–H groups in total. The number of pyridine rings is 1. The van der Waals surface area contributed by atoms with Crippen LogP contribution in [0.1, 0.15) is 37.7 Å². The number of aromatic nitrogens is 1. The van der Waals surface area contributed by atoms with Gasteiger partial charge < -0.3 is 10.6 Å². The van der Waals surface area contributed by atoms with E-state index in [4.69, 9.17) is 0 Å². The van der Waals surface area contributed by atoms with Crippen LogP contribution in [0.4, 0.5) is 10.5 Å². The third kappa shape index (κ3) is 5.27. The highest BCUT2D eigenvalue weighted by atomic mass is 32.2. The van der Waals surface area contributed by atoms with Gasteiger partial charge in [-0.2, -0.15) is 0 Å². The number of hydrogen-bond acceptors (Lipinski definition) is 3. The van der Waals surface area contributed by atoms with E-state index in [-0.39, 0.29) is 6.03 Å². The maximum atomic E-state index is 12.1. The van der Waals surface area contributed by atoms with E-state index in [1.54, 1.807) is 18.0 Å². The first kappa shape index (κ1) is 16.8. The fourth-order valence-corrected chi connectivity index (χ4v) is 3.73. The van der Waals surface area contributed by atoms with E-state index in [0.29, 0.717) is 6.04 Å². The SMILES string of the molecule is O=C(Nc1cccc(CSc2ccccn2)c1)NC1CCCCC1. The van der Waals surface area contributed by atoms with Gasteiger partial charge in [0.1, 0.15) is 0 Å². The minimum Gasteiger partial charge on any atom is -0.335 e. The second-order valence-corrected chi connectivity index (χ2v) is 7.09. The summed E-state index contributed by atoms with van der Waals surface area (Å²) in [5.41, 5.74) is 2.00. The summed E-state index contributed by atoms with van der Waals surface area (Å²) >= 11 is 1.69. The molecule has 1 aromatic carbocycles. The molecule has 1 saturated carbocycles. The van der Waals surface area contributed by atoms with Crippen molar-refractivity contribution >= 4 is 23.5 Å². The maximum absolute atomic E-state index is 12.1. The highest BCUT2D eigenvalue weighted by Crippen LogP contribution is 2.22. The molecule has 126 valence electrons. The van der Waals surface area contributed by atoms with E-state index in [2.05, 4.69) is 21.7 Å². The normalized spacial score (nSPS) is 15.0. The molecule has 1 heterocycles. The Hall–Kier alpha value is -2.01. The molecule has 1 aromatic heterocycles. The number of amides is 2. The van der Waals surface area contributed by atoms with Crippen LogP contribution in [0.25, 0.3) is 0 Å². The fourth-order valence-electron chi connectivity index (χ4n) is 2.93. The summed E-state index contributed by atoms with van der Waals surface area (Å²) in [6.07, 6.45) is 7.70. The zero-order valence-corrected chi connectivity index (χ0v) is 14.5. The van der Waals surface area contributed by atoms with Crippen LogP contribution in [-0.2, 0) is 5.75 Å². The summed E-state index contributed by atoms with van der Waals surface area (Å²) in [4.78, 5) is 16.4. The molecule has 0 bridgehead atoms. The van der Waals surface area contributed by atoms with Gasteiger partial charge in [-0.05, 0) is 42.7 Å². The number of urea groups is 1. The van der Waals surface area contributed by atoms with E-state index in [1.165, 1.54) is 24.8 Å². The van der Waals surface area contributed by atoms with Gasteiger partial charge in [0.05, 0.1) is 5.03 Å². The second kappa shape index (κ2) is 8.73. The van der Waals surface area contributed by atoms with Crippen molar-refractivity contribution in [2.24, 2.45) is 0 Å². The Bertz CT molecular complexity index is 657. The molecule has 2 aromatic rings. The van der Waals surface area contributed by atoms with Crippen molar-refractivity contribution in [2.75, 3.05) is 5.32 Å². The Morgan fingerprint density at radius 1 is 1.12 bits per heavy atom.